The molecule has 2 aromatic rings. The lowest BCUT2D eigenvalue weighted by molar-refractivity contribution is 0.0940. The number of amides is 1. The lowest BCUT2D eigenvalue weighted by atomic mass is 10.1. The molecule has 1 atom stereocenters. The molecule has 0 unspecified atom stereocenters. The van der Waals surface area contributed by atoms with Gasteiger partial charge in [-0.2, -0.15) is 0 Å². The summed E-state index contributed by atoms with van der Waals surface area (Å²) in [5, 5.41) is 3.52. The zero-order valence-electron chi connectivity index (χ0n) is 10.9. The van der Waals surface area contributed by atoms with E-state index in [4.69, 9.17) is 5.73 Å². The SMILES string of the molecule is Cc1nc2cc(F)ccc2cc1C(=O)N[C@@H](C)CN. The largest absolute Gasteiger partial charge is 0.348 e. The van der Waals surface area contributed by atoms with Gasteiger partial charge in [0.05, 0.1) is 16.8 Å². The van der Waals surface area contributed by atoms with E-state index in [1.54, 1.807) is 19.1 Å². The van der Waals surface area contributed by atoms with Crippen molar-refractivity contribution in [3.63, 3.8) is 0 Å². The van der Waals surface area contributed by atoms with Crippen LogP contribution in [0, 0.1) is 12.7 Å². The average molecular weight is 261 g/mol. The summed E-state index contributed by atoms with van der Waals surface area (Å²) in [6.07, 6.45) is 0. The Morgan fingerprint density at radius 1 is 1.47 bits per heavy atom. The number of aryl methyl sites for hydroxylation is 1. The Kier molecular flexibility index (Phi) is 3.76. The fourth-order valence-corrected chi connectivity index (χ4v) is 1.83. The van der Waals surface area contributed by atoms with Gasteiger partial charge in [-0.3, -0.25) is 9.78 Å². The number of benzene rings is 1. The Morgan fingerprint density at radius 2 is 2.21 bits per heavy atom. The highest BCUT2D eigenvalue weighted by Gasteiger charge is 2.13. The van der Waals surface area contributed by atoms with Gasteiger partial charge in [-0.05, 0) is 32.0 Å². The first-order valence-corrected chi connectivity index (χ1v) is 6.09. The van der Waals surface area contributed by atoms with Crippen LogP contribution in [0.5, 0.6) is 0 Å². The van der Waals surface area contributed by atoms with E-state index in [0.717, 1.165) is 5.39 Å². The van der Waals surface area contributed by atoms with Crippen molar-refractivity contribution in [3.05, 3.63) is 41.3 Å². The summed E-state index contributed by atoms with van der Waals surface area (Å²) in [6, 6.07) is 5.93. The maximum Gasteiger partial charge on any atom is 0.253 e. The number of carbonyl (C=O) groups excluding carboxylic acids is 1. The van der Waals surface area contributed by atoms with Gasteiger partial charge >= 0.3 is 0 Å². The minimum Gasteiger partial charge on any atom is -0.348 e. The zero-order chi connectivity index (χ0) is 14.0. The molecule has 0 aliphatic heterocycles. The molecular formula is C14H16FN3O. The van der Waals surface area contributed by atoms with Gasteiger partial charge < -0.3 is 11.1 Å². The maximum absolute atomic E-state index is 13.1. The van der Waals surface area contributed by atoms with Crippen LogP contribution in [0.25, 0.3) is 10.9 Å². The number of halogens is 1. The molecule has 0 aliphatic carbocycles. The standard InChI is InChI=1S/C14H16FN3O/c1-8(7-16)17-14(19)12-5-10-3-4-11(15)6-13(10)18-9(12)2/h3-6,8H,7,16H2,1-2H3,(H,17,19)/t8-/m0/s1. The molecule has 19 heavy (non-hydrogen) atoms. The second-order valence-corrected chi connectivity index (χ2v) is 4.57. The fourth-order valence-electron chi connectivity index (χ4n) is 1.83. The number of nitrogens with one attached hydrogen (secondary N) is 1. The van der Waals surface area contributed by atoms with Crippen molar-refractivity contribution in [1.82, 2.24) is 10.3 Å². The van der Waals surface area contributed by atoms with Gasteiger partial charge in [0.1, 0.15) is 5.82 Å². The third-order valence-corrected chi connectivity index (χ3v) is 2.95. The van der Waals surface area contributed by atoms with E-state index < -0.39 is 0 Å². The lowest BCUT2D eigenvalue weighted by Crippen LogP contribution is -2.38. The number of rotatable bonds is 3. The molecule has 0 spiro atoms. The molecule has 100 valence electrons. The molecule has 1 aromatic carbocycles. The second kappa shape index (κ2) is 5.32. The maximum atomic E-state index is 13.1. The summed E-state index contributed by atoms with van der Waals surface area (Å²) in [7, 11) is 0. The molecule has 4 nitrogen and oxygen atoms in total. The van der Waals surface area contributed by atoms with Crippen molar-refractivity contribution in [2.45, 2.75) is 19.9 Å². The van der Waals surface area contributed by atoms with Crippen molar-refractivity contribution < 1.29 is 9.18 Å². The molecule has 5 heteroatoms. The minimum atomic E-state index is -0.339. The summed E-state index contributed by atoms with van der Waals surface area (Å²) in [5.41, 5.74) is 7.07. The Labute approximate surface area is 110 Å². The average Bonchev–Trinajstić information content (AvgIpc) is 2.37. The van der Waals surface area contributed by atoms with Crippen LogP contribution in [0.4, 0.5) is 4.39 Å². The summed E-state index contributed by atoms with van der Waals surface area (Å²) >= 11 is 0. The highest BCUT2D eigenvalue weighted by Crippen LogP contribution is 2.17. The van der Waals surface area contributed by atoms with Crippen LogP contribution in [0.1, 0.15) is 23.0 Å². The first-order valence-electron chi connectivity index (χ1n) is 6.09. The molecule has 0 aliphatic rings. The fraction of sp³-hybridized carbons (Fsp3) is 0.286. The van der Waals surface area contributed by atoms with Crippen molar-refractivity contribution in [1.29, 1.82) is 0 Å². The first kappa shape index (κ1) is 13.4. The van der Waals surface area contributed by atoms with E-state index in [2.05, 4.69) is 10.3 Å². The third-order valence-electron chi connectivity index (χ3n) is 2.95. The van der Waals surface area contributed by atoms with E-state index in [1.165, 1.54) is 12.1 Å². The van der Waals surface area contributed by atoms with E-state index in [9.17, 15) is 9.18 Å². The highest BCUT2D eigenvalue weighted by atomic mass is 19.1. The second-order valence-electron chi connectivity index (χ2n) is 4.57. The molecule has 0 fully saturated rings. The molecule has 0 radical (unpaired) electrons. The van der Waals surface area contributed by atoms with Crippen molar-refractivity contribution >= 4 is 16.8 Å². The highest BCUT2D eigenvalue weighted by molar-refractivity contribution is 5.98. The van der Waals surface area contributed by atoms with Crippen molar-refractivity contribution in [2.75, 3.05) is 6.54 Å². The number of fused-ring (bicyclic) bond motifs is 1. The molecule has 0 saturated heterocycles. The molecule has 0 bridgehead atoms. The van der Waals surface area contributed by atoms with Crippen LogP contribution in [0.15, 0.2) is 24.3 Å². The van der Waals surface area contributed by atoms with Crippen LogP contribution in [-0.2, 0) is 0 Å². The number of aromatic nitrogens is 1. The van der Waals surface area contributed by atoms with E-state index in [0.29, 0.717) is 23.3 Å². The Morgan fingerprint density at radius 3 is 2.89 bits per heavy atom. The van der Waals surface area contributed by atoms with Crippen LogP contribution in [0.3, 0.4) is 0 Å². The van der Waals surface area contributed by atoms with Crippen LogP contribution < -0.4 is 11.1 Å². The van der Waals surface area contributed by atoms with Gasteiger partial charge in [-0.1, -0.05) is 0 Å². The summed E-state index contributed by atoms with van der Waals surface area (Å²) in [6.45, 7) is 3.93. The van der Waals surface area contributed by atoms with E-state index in [-0.39, 0.29) is 17.8 Å². The molecule has 0 saturated carbocycles. The summed E-state index contributed by atoms with van der Waals surface area (Å²) < 4.78 is 13.1. The molecular weight excluding hydrogens is 245 g/mol. The Hall–Kier alpha value is -2.01. The quantitative estimate of drug-likeness (QED) is 0.884. The van der Waals surface area contributed by atoms with Crippen LogP contribution >= 0.6 is 0 Å². The zero-order valence-corrected chi connectivity index (χ0v) is 10.9. The molecule has 1 aromatic heterocycles. The Bertz CT molecular complexity index is 627. The number of hydrogen-bond acceptors (Lipinski definition) is 3. The number of pyridine rings is 1. The summed E-state index contributed by atoms with van der Waals surface area (Å²) in [5.74, 6) is -0.553. The number of hydrogen-bond donors (Lipinski definition) is 2. The van der Waals surface area contributed by atoms with Gasteiger partial charge in [0.25, 0.3) is 5.91 Å². The minimum absolute atomic E-state index is 0.101. The summed E-state index contributed by atoms with van der Waals surface area (Å²) in [4.78, 5) is 16.3. The number of carbonyl (C=O) groups is 1. The van der Waals surface area contributed by atoms with E-state index >= 15 is 0 Å². The topological polar surface area (TPSA) is 68.0 Å². The first-order chi connectivity index (χ1) is 9.01. The predicted octanol–water partition coefficient (Wildman–Crippen LogP) is 1.76. The lowest BCUT2D eigenvalue weighted by Gasteiger charge is -2.13. The van der Waals surface area contributed by atoms with E-state index in [1.807, 2.05) is 6.92 Å². The van der Waals surface area contributed by atoms with Crippen molar-refractivity contribution in [3.8, 4) is 0 Å². The molecule has 1 amide bonds. The number of nitrogens with two attached hydrogens (primary N) is 1. The smallest absolute Gasteiger partial charge is 0.253 e. The van der Waals surface area contributed by atoms with Gasteiger partial charge in [0, 0.05) is 24.0 Å². The monoisotopic (exact) mass is 261 g/mol. The molecule has 2 rings (SSSR count). The number of nitrogens with zero attached hydrogens (tertiary/aromatic N) is 1. The van der Waals surface area contributed by atoms with Gasteiger partial charge in [0.2, 0.25) is 0 Å². The van der Waals surface area contributed by atoms with Crippen LogP contribution in [0.2, 0.25) is 0 Å². The van der Waals surface area contributed by atoms with Gasteiger partial charge in [-0.25, -0.2) is 4.39 Å². The van der Waals surface area contributed by atoms with Crippen LogP contribution in [-0.4, -0.2) is 23.5 Å². The van der Waals surface area contributed by atoms with Gasteiger partial charge in [0.15, 0.2) is 0 Å². The van der Waals surface area contributed by atoms with Gasteiger partial charge in [-0.15, -0.1) is 0 Å². The normalized spacial score (nSPS) is 12.4. The predicted molar refractivity (Wildman–Crippen MR) is 72.4 cm³/mol. The van der Waals surface area contributed by atoms with Crippen molar-refractivity contribution in [2.24, 2.45) is 5.73 Å². The Balaban J connectivity index is 2.41. The molecule has 1 heterocycles. The molecule has 3 N–H and O–H groups in total. The third kappa shape index (κ3) is 2.88.